The van der Waals surface area contributed by atoms with Gasteiger partial charge < -0.3 is 28.6 Å². The van der Waals surface area contributed by atoms with Crippen LogP contribution in [-0.4, -0.2) is 91.7 Å². The highest BCUT2D eigenvalue weighted by atomic mass is 32.2. The number of nitrogens with zero attached hydrogens (tertiary/aromatic N) is 5. The Bertz CT molecular complexity index is 1030. The molecule has 36 heavy (non-hydrogen) atoms. The van der Waals surface area contributed by atoms with E-state index in [0.29, 0.717) is 61.6 Å². The Balaban J connectivity index is 1.35. The number of piperazine rings is 1. The summed E-state index contributed by atoms with van der Waals surface area (Å²) >= 11 is 1.48. The molecule has 0 aromatic carbocycles. The molecular formula is C25H35N5O5S. The summed E-state index contributed by atoms with van der Waals surface area (Å²) in [7, 11) is 3.79. The van der Waals surface area contributed by atoms with Crippen molar-refractivity contribution in [1.82, 2.24) is 19.8 Å². The van der Waals surface area contributed by atoms with Crippen molar-refractivity contribution in [3.63, 3.8) is 0 Å². The molecule has 0 aliphatic carbocycles. The molecule has 2 aromatic rings. The first kappa shape index (κ1) is 26.4. The summed E-state index contributed by atoms with van der Waals surface area (Å²) in [5, 5.41) is 0.656. The van der Waals surface area contributed by atoms with Gasteiger partial charge in [0.2, 0.25) is 0 Å². The van der Waals surface area contributed by atoms with Crippen LogP contribution in [0.15, 0.2) is 27.8 Å². The van der Waals surface area contributed by atoms with Gasteiger partial charge in [0, 0.05) is 52.4 Å². The average molecular weight is 518 g/mol. The fourth-order valence-electron chi connectivity index (χ4n) is 4.38. The van der Waals surface area contributed by atoms with Crippen LogP contribution in [0.1, 0.15) is 41.8 Å². The molecule has 4 heterocycles. The monoisotopic (exact) mass is 517 g/mol. The van der Waals surface area contributed by atoms with E-state index in [2.05, 4.69) is 21.8 Å². The number of aromatic nitrogens is 2. The lowest BCUT2D eigenvalue weighted by molar-refractivity contribution is -0.149. The van der Waals surface area contributed by atoms with Crippen molar-refractivity contribution in [2.45, 2.75) is 37.3 Å². The largest absolute Gasteiger partial charge is 0.466 e. The molecule has 0 unspecified atom stereocenters. The van der Waals surface area contributed by atoms with Gasteiger partial charge in [-0.2, -0.15) is 0 Å². The van der Waals surface area contributed by atoms with Gasteiger partial charge in [-0.25, -0.2) is 9.97 Å². The second kappa shape index (κ2) is 12.6. The van der Waals surface area contributed by atoms with Crippen molar-refractivity contribution in [2.24, 2.45) is 5.92 Å². The minimum absolute atomic E-state index is 0.137. The molecule has 0 radical (unpaired) electrons. The first-order chi connectivity index (χ1) is 17.5. The maximum absolute atomic E-state index is 12.9. The third-order valence-corrected chi connectivity index (χ3v) is 7.35. The fraction of sp³-hybridized carbons (Fsp3) is 0.600. The summed E-state index contributed by atoms with van der Waals surface area (Å²) in [5.74, 6) is 1.96. The van der Waals surface area contributed by atoms with Gasteiger partial charge in [0.15, 0.2) is 10.9 Å². The van der Waals surface area contributed by atoms with Crippen molar-refractivity contribution in [3.05, 3.63) is 35.4 Å². The Labute approximate surface area is 216 Å². The van der Waals surface area contributed by atoms with Crippen LogP contribution in [0.25, 0.3) is 0 Å². The van der Waals surface area contributed by atoms with Gasteiger partial charge in [0.05, 0.1) is 30.6 Å². The number of thioether (sulfide) groups is 1. The van der Waals surface area contributed by atoms with E-state index in [1.807, 2.05) is 12.1 Å². The molecule has 2 fully saturated rings. The standard InChI is InChI=1S/C25H35N5O5S/c1-4-34-24(32)18-7-9-30(10-8-18)23(31)21-6-5-20(35-21)17-36-25-26-19(16-33-3)15-22(27-25)29-13-11-28(2)12-14-29/h5-6,15,18H,4,7-14,16-17H2,1-3H3. The minimum Gasteiger partial charge on any atom is -0.466 e. The number of carbonyl (C=O) groups excluding carboxylic acids is 2. The first-order valence-corrected chi connectivity index (χ1v) is 13.4. The summed E-state index contributed by atoms with van der Waals surface area (Å²) in [6, 6.07) is 5.53. The van der Waals surface area contributed by atoms with Gasteiger partial charge in [-0.05, 0) is 38.9 Å². The number of hydrogen-bond donors (Lipinski definition) is 0. The van der Waals surface area contributed by atoms with E-state index in [4.69, 9.17) is 18.9 Å². The second-order valence-electron chi connectivity index (χ2n) is 9.10. The molecule has 4 rings (SSSR count). The maximum atomic E-state index is 12.9. The number of anilines is 1. The lowest BCUT2D eigenvalue weighted by Crippen LogP contribution is -2.44. The molecule has 196 valence electrons. The number of hydrogen-bond acceptors (Lipinski definition) is 10. The summed E-state index contributed by atoms with van der Waals surface area (Å²) in [4.78, 5) is 40.6. The zero-order chi connectivity index (χ0) is 25.5. The summed E-state index contributed by atoms with van der Waals surface area (Å²) in [6.07, 6.45) is 1.22. The van der Waals surface area contributed by atoms with Crippen molar-refractivity contribution < 1.29 is 23.5 Å². The zero-order valence-corrected chi connectivity index (χ0v) is 22.1. The summed E-state index contributed by atoms with van der Waals surface area (Å²) < 4.78 is 16.3. The van der Waals surface area contributed by atoms with Gasteiger partial charge in [0.25, 0.3) is 5.91 Å². The van der Waals surface area contributed by atoms with Crippen LogP contribution < -0.4 is 4.90 Å². The number of rotatable bonds is 9. The molecule has 1 amide bonds. The Kier molecular flexibility index (Phi) is 9.22. The van der Waals surface area contributed by atoms with Crippen molar-refractivity contribution in [1.29, 1.82) is 0 Å². The van der Waals surface area contributed by atoms with Crippen LogP contribution in [-0.2, 0) is 26.6 Å². The highest BCUT2D eigenvalue weighted by Gasteiger charge is 2.29. The molecule has 11 heteroatoms. The van der Waals surface area contributed by atoms with Crippen LogP contribution >= 0.6 is 11.8 Å². The van der Waals surface area contributed by atoms with Gasteiger partial charge in [-0.15, -0.1) is 0 Å². The van der Waals surface area contributed by atoms with Crippen LogP contribution in [0.4, 0.5) is 5.82 Å². The van der Waals surface area contributed by atoms with Gasteiger partial charge in [-0.3, -0.25) is 9.59 Å². The van der Waals surface area contributed by atoms with E-state index in [9.17, 15) is 9.59 Å². The van der Waals surface area contributed by atoms with Crippen molar-refractivity contribution in [3.8, 4) is 0 Å². The third-order valence-electron chi connectivity index (χ3n) is 6.48. The minimum atomic E-state index is -0.172. The number of likely N-dealkylation sites (tertiary alicyclic amines) is 1. The number of methoxy groups -OCH3 is 1. The van der Waals surface area contributed by atoms with E-state index in [1.165, 1.54) is 11.8 Å². The first-order valence-electron chi connectivity index (χ1n) is 12.4. The highest BCUT2D eigenvalue weighted by molar-refractivity contribution is 7.98. The number of amides is 1. The number of esters is 1. The van der Waals surface area contributed by atoms with E-state index >= 15 is 0 Å². The Morgan fingerprint density at radius 1 is 1.11 bits per heavy atom. The van der Waals surface area contributed by atoms with Crippen LogP contribution in [0.2, 0.25) is 0 Å². The number of piperidine rings is 1. The number of ether oxygens (including phenoxy) is 2. The molecule has 2 saturated heterocycles. The van der Waals surface area contributed by atoms with Gasteiger partial charge in [0.1, 0.15) is 11.6 Å². The van der Waals surface area contributed by atoms with Crippen LogP contribution in [0, 0.1) is 5.92 Å². The van der Waals surface area contributed by atoms with Crippen LogP contribution in [0.5, 0.6) is 0 Å². The molecule has 2 aliphatic rings. The lowest BCUT2D eigenvalue weighted by Gasteiger charge is -2.33. The predicted octanol–water partition coefficient (Wildman–Crippen LogP) is 2.68. The second-order valence-corrected chi connectivity index (χ2v) is 10.0. The quantitative estimate of drug-likeness (QED) is 0.280. The van der Waals surface area contributed by atoms with E-state index in [1.54, 1.807) is 25.0 Å². The summed E-state index contributed by atoms with van der Waals surface area (Å²) in [5.41, 5.74) is 0.838. The molecule has 0 atom stereocenters. The Morgan fingerprint density at radius 3 is 2.56 bits per heavy atom. The topological polar surface area (TPSA) is 101 Å². The number of likely N-dealkylation sites (N-methyl/N-ethyl adjacent to an activating group) is 1. The molecular weight excluding hydrogens is 482 g/mol. The van der Waals surface area contributed by atoms with E-state index in [0.717, 1.165) is 37.7 Å². The van der Waals surface area contributed by atoms with Crippen LogP contribution in [0.3, 0.4) is 0 Å². The predicted molar refractivity (Wildman–Crippen MR) is 136 cm³/mol. The smallest absolute Gasteiger partial charge is 0.309 e. The maximum Gasteiger partial charge on any atom is 0.309 e. The van der Waals surface area contributed by atoms with Crippen molar-refractivity contribution in [2.75, 3.05) is 64.9 Å². The SMILES string of the molecule is CCOC(=O)C1CCN(C(=O)c2ccc(CSc3nc(COC)cc(N4CCN(C)CC4)n3)o2)CC1. The van der Waals surface area contributed by atoms with Crippen molar-refractivity contribution >= 4 is 29.5 Å². The fourth-order valence-corrected chi connectivity index (χ4v) is 5.15. The highest BCUT2D eigenvalue weighted by Crippen LogP contribution is 2.26. The Hall–Kier alpha value is -2.63. The van der Waals surface area contributed by atoms with Gasteiger partial charge in [-0.1, -0.05) is 11.8 Å². The molecule has 2 aliphatic heterocycles. The van der Waals surface area contributed by atoms with E-state index in [-0.39, 0.29) is 17.8 Å². The molecule has 2 aromatic heterocycles. The van der Waals surface area contributed by atoms with Gasteiger partial charge >= 0.3 is 5.97 Å². The third kappa shape index (κ3) is 6.77. The normalized spacial score (nSPS) is 17.4. The molecule has 0 N–H and O–H groups in total. The number of furan rings is 1. The number of carbonyl (C=O) groups is 2. The lowest BCUT2D eigenvalue weighted by atomic mass is 9.97. The zero-order valence-electron chi connectivity index (χ0n) is 21.3. The van der Waals surface area contributed by atoms with E-state index < -0.39 is 0 Å². The molecule has 10 nitrogen and oxygen atoms in total. The average Bonchev–Trinajstić information content (AvgIpc) is 3.37. The Morgan fingerprint density at radius 2 is 1.86 bits per heavy atom. The summed E-state index contributed by atoms with van der Waals surface area (Å²) in [6.45, 7) is 7.47. The molecule has 0 saturated carbocycles. The molecule has 0 bridgehead atoms. The molecule has 0 spiro atoms.